The van der Waals surface area contributed by atoms with Gasteiger partial charge in [0.1, 0.15) is 17.5 Å². The Kier molecular flexibility index (Phi) is 5.20. The molecule has 9 heteroatoms. The maximum Gasteiger partial charge on any atom is 0.256 e. The lowest BCUT2D eigenvalue weighted by Crippen LogP contribution is -2.49. The second-order valence-corrected chi connectivity index (χ2v) is 6.67. The number of anilines is 1. The van der Waals surface area contributed by atoms with Crippen molar-refractivity contribution in [3.8, 4) is 11.4 Å². The molecule has 0 unspecified atom stereocenters. The Bertz CT molecular complexity index is 1010. The number of hydrogen-bond donors (Lipinski definition) is 0. The van der Waals surface area contributed by atoms with E-state index in [-0.39, 0.29) is 5.56 Å². The number of amides is 1. The summed E-state index contributed by atoms with van der Waals surface area (Å²) in [5, 5.41) is 3.93. The Hall–Kier alpha value is -3.36. The molecular weight excluding hydrogens is 380 g/mol. The summed E-state index contributed by atoms with van der Waals surface area (Å²) in [5.41, 5.74) is 0.645. The molecule has 2 aromatic heterocycles. The first-order valence-electron chi connectivity index (χ1n) is 9.33. The zero-order valence-corrected chi connectivity index (χ0v) is 15.8. The number of carbonyl (C=O) groups is 1. The SMILES string of the molecule is CCc1nc(-c2ccc(N3CCN(C(=O)c4ccc(F)cc4F)CC3)nc2)no1. The molecule has 1 aliphatic heterocycles. The van der Waals surface area contributed by atoms with Crippen LogP contribution in [0.25, 0.3) is 11.4 Å². The highest BCUT2D eigenvalue weighted by Crippen LogP contribution is 2.20. The van der Waals surface area contributed by atoms with Crippen LogP contribution in [0, 0.1) is 11.6 Å². The predicted molar refractivity (Wildman–Crippen MR) is 101 cm³/mol. The van der Waals surface area contributed by atoms with Gasteiger partial charge in [0.25, 0.3) is 5.91 Å². The van der Waals surface area contributed by atoms with Gasteiger partial charge in [0.05, 0.1) is 5.56 Å². The van der Waals surface area contributed by atoms with Gasteiger partial charge in [-0.2, -0.15) is 4.98 Å². The van der Waals surface area contributed by atoms with E-state index in [1.807, 2.05) is 24.0 Å². The molecule has 0 bridgehead atoms. The molecule has 150 valence electrons. The zero-order valence-electron chi connectivity index (χ0n) is 15.8. The van der Waals surface area contributed by atoms with Crippen LogP contribution in [0.15, 0.2) is 41.1 Å². The summed E-state index contributed by atoms with van der Waals surface area (Å²) in [6.45, 7) is 3.90. The van der Waals surface area contributed by atoms with E-state index in [0.29, 0.717) is 44.3 Å². The first-order valence-corrected chi connectivity index (χ1v) is 9.33. The molecule has 3 aromatic rings. The van der Waals surface area contributed by atoms with Crippen LogP contribution in [0.1, 0.15) is 23.2 Å². The highest BCUT2D eigenvalue weighted by Gasteiger charge is 2.25. The molecule has 1 aliphatic rings. The van der Waals surface area contributed by atoms with Gasteiger partial charge < -0.3 is 14.3 Å². The summed E-state index contributed by atoms with van der Waals surface area (Å²) < 4.78 is 32.0. The van der Waals surface area contributed by atoms with Crippen LogP contribution in [0.5, 0.6) is 0 Å². The Morgan fingerprint density at radius 1 is 1.14 bits per heavy atom. The van der Waals surface area contributed by atoms with E-state index in [4.69, 9.17) is 4.52 Å². The van der Waals surface area contributed by atoms with Crippen molar-refractivity contribution in [3.05, 3.63) is 59.6 Å². The number of hydrogen-bond acceptors (Lipinski definition) is 6. The molecule has 0 atom stereocenters. The second kappa shape index (κ2) is 7.94. The lowest BCUT2D eigenvalue weighted by Gasteiger charge is -2.35. The quantitative estimate of drug-likeness (QED) is 0.672. The molecule has 3 heterocycles. The minimum atomic E-state index is -0.845. The number of rotatable bonds is 4. The van der Waals surface area contributed by atoms with E-state index in [1.165, 1.54) is 6.07 Å². The molecule has 0 saturated carbocycles. The number of piperazine rings is 1. The Morgan fingerprint density at radius 3 is 2.55 bits per heavy atom. The van der Waals surface area contributed by atoms with Gasteiger partial charge in [-0.05, 0) is 24.3 Å². The summed E-state index contributed by atoms with van der Waals surface area (Å²) in [5.74, 6) is -0.144. The third-order valence-electron chi connectivity index (χ3n) is 4.83. The van der Waals surface area contributed by atoms with Gasteiger partial charge >= 0.3 is 0 Å². The van der Waals surface area contributed by atoms with Crippen LogP contribution in [0.4, 0.5) is 14.6 Å². The van der Waals surface area contributed by atoms with Crippen molar-refractivity contribution in [3.63, 3.8) is 0 Å². The Morgan fingerprint density at radius 2 is 1.93 bits per heavy atom. The van der Waals surface area contributed by atoms with E-state index >= 15 is 0 Å². The van der Waals surface area contributed by atoms with Crippen molar-refractivity contribution >= 4 is 11.7 Å². The number of aryl methyl sites for hydroxylation is 1. The number of benzene rings is 1. The number of halogens is 2. The van der Waals surface area contributed by atoms with Gasteiger partial charge in [0.2, 0.25) is 11.7 Å². The zero-order chi connectivity index (χ0) is 20.4. The van der Waals surface area contributed by atoms with Gasteiger partial charge in [-0.1, -0.05) is 12.1 Å². The standard InChI is InChI=1S/C20H19F2N5O2/c1-2-18-24-19(25-29-18)13-3-6-17(23-12-13)26-7-9-27(10-8-26)20(28)15-5-4-14(21)11-16(15)22/h3-6,11-12H,2,7-10H2,1H3. The van der Waals surface area contributed by atoms with Crippen LogP contribution in [0.3, 0.4) is 0 Å². The van der Waals surface area contributed by atoms with Crippen molar-refractivity contribution in [2.24, 2.45) is 0 Å². The molecule has 1 amide bonds. The van der Waals surface area contributed by atoms with E-state index in [1.54, 1.807) is 11.1 Å². The van der Waals surface area contributed by atoms with Crippen LogP contribution in [-0.2, 0) is 6.42 Å². The maximum absolute atomic E-state index is 13.9. The number of aromatic nitrogens is 3. The van der Waals surface area contributed by atoms with Gasteiger partial charge in [-0.15, -0.1) is 0 Å². The molecule has 29 heavy (non-hydrogen) atoms. The van der Waals surface area contributed by atoms with Crippen molar-refractivity contribution < 1.29 is 18.1 Å². The Balaban J connectivity index is 1.39. The molecule has 7 nitrogen and oxygen atoms in total. The molecule has 4 rings (SSSR count). The monoisotopic (exact) mass is 399 g/mol. The van der Waals surface area contributed by atoms with Crippen LogP contribution >= 0.6 is 0 Å². The summed E-state index contributed by atoms with van der Waals surface area (Å²) >= 11 is 0. The van der Waals surface area contributed by atoms with Crippen LogP contribution in [-0.4, -0.2) is 52.1 Å². The molecule has 0 aliphatic carbocycles. The Labute approximate surface area is 166 Å². The molecule has 0 radical (unpaired) electrons. The van der Waals surface area contributed by atoms with Crippen LogP contribution in [0.2, 0.25) is 0 Å². The summed E-state index contributed by atoms with van der Waals surface area (Å²) in [7, 11) is 0. The topological polar surface area (TPSA) is 75.4 Å². The fourth-order valence-corrected chi connectivity index (χ4v) is 3.19. The maximum atomic E-state index is 13.9. The predicted octanol–water partition coefficient (Wildman–Crippen LogP) is 2.93. The van der Waals surface area contributed by atoms with Crippen molar-refractivity contribution in [1.29, 1.82) is 0 Å². The van der Waals surface area contributed by atoms with E-state index in [0.717, 1.165) is 23.5 Å². The second-order valence-electron chi connectivity index (χ2n) is 6.67. The lowest BCUT2D eigenvalue weighted by atomic mass is 10.1. The molecular formula is C20H19F2N5O2. The van der Waals surface area contributed by atoms with E-state index in [2.05, 4.69) is 15.1 Å². The van der Waals surface area contributed by atoms with Crippen molar-refractivity contribution in [2.75, 3.05) is 31.1 Å². The summed E-state index contributed by atoms with van der Waals surface area (Å²) in [6.07, 6.45) is 2.36. The largest absolute Gasteiger partial charge is 0.353 e. The number of pyridine rings is 1. The van der Waals surface area contributed by atoms with Gasteiger partial charge in [-0.25, -0.2) is 13.8 Å². The molecule has 1 fully saturated rings. The third kappa shape index (κ3) is 3.94. The van der Waals surface area contributed by atoms with Crippen molar-refractivity contribution in [1.82, 2.24) is 20.0 Å². The van der Waals surface area contributed by atoms with Crippen LogP contribution < -0.4 is 4.90 Å². The normalized spacial score (nSPS) is 14.3. The van der Waals surface area contributed by atoms with E-state index < -0.39 is 17.5 Å². The van der Waals surface area contributed by atoms with Gasteiger partial charge in [0.15, 0.2) is 0 Å². The lowest BCUT2D eigenvalue weighted by molar-refractivity contribution is 0.0741. The third-order valence-corrected chi connectivity index (χ3v) is 4.83. The number of carbonyl (C=O) groups excluding carboxylic acids is 1. The number of nitrogens with zero attached hydrogens (tertiary/aromatic N) is 5. The van der Waals surface area contributed by atoms with Gasteiger partial charge in [0, 0.05) is 50.4 Å². The van der Waals surface area contributed by atoms with Crippen molar-refractivity contribution in [2.45, 2.75) is 13.3 Å². The average molecular weight is 399 g/mol. The molecule has 0 N–H and O–H groups in total. The smallest absolute Gasteiger partial charge is 0.256 e. The summed E-state index contributed by atoms with van der Waals surface area (Å²) in [4.78, 5) is 24.9. The fourth-order valence-electron chi connectivity index (χ4n) is 3.19. The molecule has 1 aromatic carbocycles. The summed E-state index contributed by atoms with van der Waals surface area (Å²) in [6, 6.07) is 6.74. The van der Waals surface area contributed by atoms with E-state index in [9.17, 15) is 13.6 Å². The average Bonchev–Trinajstić information content (AvgIpc) is 3.23. The minimum absolute atomic E-state index is 0.117. The first kappa shape index (κ1) is 19.0. The molecule has 0 spiro atoms. The highest BCUT2D eigenvalue weighted by atomic mass is 19.1. The molecule has 1 saturated heterocycles. The van der Waals surface area contributed by atoms with Gasteiger partial charge in [-0.3, -0.25) is 4.79 Å². The highest BCUT2D eigenvalue weighted by molar-refractivity contribution is 5.94. The first-order chi connectivity index (χ1) is 14.0. The fraction of sp³-hybridized carbons (Fsp3) is 0.300. The minimum Gasteiger partial charge on any atom is -0.353 e.